The minimum absolute atomic E-state index is 0.0944. The predicted molar refractivity (Wildman–Crippen MR) is 73.2 cm³/mol. The number of hydrogen-bond acceptors (Lipinski definition) is 5. The second-order valence-corrected chi connectivity index (χ2v) is 5.62. The molecule has 2 aromatic heterocycles. The molecule has 0 saturated carbocycles. The first-order valence-corrected chi connectivity index (χ1v) is 6.82. The lowest BCUT2D eigenvalue weighted by Crippen LogP contribution is -2.29. The first-order valence-electron chi connectivity index (χ1n) is 6.82. The predicted octanol–water partition coefficient (Wildman–Crippen LogP) is -0.146. The van der Waals surface area contributed by atoms with Crippen LogP contribution in [0.5, 0.6) is 0 Å². The van der Waals surface area contributed by atoms with Gasteiger partial charge in [0.1, 0.15) is 11.6 Å². The van der Waals surface area contributed by atoms with Crippen molar-refractivity contribution < 1.29 is 4.79 Å². The van der Waals surface area contributed by atoms with Crippen LogP contribution in [0.2, 0.25) is 0 Å². The van der Waals surface area contributed by atoms with Crippen LogP contribution in [0.3, 0.4) is 0 Å². The Kier molecular flexibility index (Phi) is 2.27. The van der Waals surface area contributed by atoms with E-state index < -0.39 is 0 Å². The van der Waals surface area contributed by atoms with Crippen LogP contribution in [0.25, 0.3) is 11.0 Å². The Morgan fingerprint density at radius 2 is 2.20 bits per heavy atom. The van der Waals surface area contributed by atoms with Gasteiger partial charge in [0.2, 0.25) is 5.91 Å². The molecule has 2 atom stereocenters. The summed E-state index contributed by atoms with van der Waals surface area (Å²) in [6, 6.07) is 0. The number of carbonyl (C=O) groups is 1. The van der Waals surface area contributed by atoms with Crippen molar-refractivity contribution in [2.75, 3.05) is 24.5 Å². The quantitative estimate of drug-likeness (QED) is 0.781. The van der Waals surface area contributed by atoms with E-state index in [9.17, 15) is 4.79 Å². The van der Waals surface area contributed by atoms with E-state index in [4.69, 9.17) is 0 Å². The third-order valence-corrected chi connectivity index (χ3v) is 4.30. The van der Waals surface area contributed by atoms with Gasteiger partial charge in [0.15, 0.2) is 5.65 Å². The molecule has 0 aromatic carbocycles. The molecule has 0 aliphatic carbocycles. The number of anilines is 1. The van der Waals surface area contributed by atoms with Crippen molar-refractivity contribution >= 4 is 22.8 Å². The average Bonchev–Trinajstić information content (AvgIpc) is 3.07. The van der Waals surface area contributed by atoms with Crippen LogP contribution in [0.4, 0.5) is 5.82 Å². The molecule has 0 spiro atoms. The molecule has 104 valence electrons. The zero-order valence-electron chi connectivity index (χ0n) is 11.5. The van der Waals surface area contributed by atoms with E-state index in [2.05, 4.69) is 25.3 Å². The number of fused-ring (bicyclic) bond motifs is 2. The highest BCUT2D eigenvalue weighted by molar-refractivity contribution is 5.88. The van der Waals surface area contributed by atoms with Gasteiger partial charge in [-0.2, -0.15) is 5.10 Å². The van der Waals surface area contributed by atoms with Crippen LogP contribution in [0.15, 0.2) is 6.20 Å². The van der Waals surface area contributed by atoms with Gasteiger partial charge in [-0.25, -0.2) is 9.97 Å². The van der Waals surface area contributed by atoms with Gasteiger partial charge < -0.3 is 10.2 Å². The highest BCUT2D eigenvalue weighted by Gasteiger charge is 2.42. The Bertz CT molecular complexity index is 708. The maximum Gasteiger partial charge on any atom is 0.225 e. The summed E-state index contributed by atoms with van der Waals surface area (Å²) >= 11 is 0. The molecule has 7 nitrogen and oxygen atoms in total. The summed E-state index contributed by atoms with van der Waals surface area (Å²) in [5, 5.41) is 8.15. The summed E-state index contributed by atoms with van der Waals surface area (Å²) in [7, 11) is 1.88. The van der Waals surface area contributed by atoms with Crippen LogP contribution < -0.4 is 10.2 Å². The van der Waals surface area contributed by atoms with E-state index in [1.54, 1.807) is 10.9 Å². The van der Waals surface area contributed by atoms with Gasteiger partial charge in [0.05, 0.1) is 17.5 Å². The first-order chi connectivity index (χ1) is 9.63. The molecule has 4 heterocycles. The van der Waals surface area contributed by atoms with Crippen LogP contribution in [-0.2, 0) is 11.8 Å². The number of aromatic nitrogens is 4. The molecule has 2 aliphatic rings. The van der Waals surface area contributed by atoms with Crippen molar-refractivity contribution in [3.63, 3.8) is 0 Å². The zero-order chi connectivity index (χ0) is 13.9. The van der Waals surface area contributed by atoms with Gasteiger partial charge in [-0.1, -0.05) is 0 Å². The van der Waals surface area contributed by atoms with E-state index in [0.717, 1.165) is 42.3 Å². The van der Waals surface area contributed by atoms with Gasteiger partial charge in [0.25, 0.3) is 0 Å². The number of amides is 1. The summed E-state index contributed by atoms with van der Waals surface area (Å²) in [5.41, 5.74) is 0.842. The van der Waals surface area contributed by atoms with Crippen LogP contribution in [0, 0.1) is 18.8 Å². The molecular formula is C13H16N6O. The van der Waals surface area contributed by atoms with E-state index in [-0.39, 0.29) is 11.8 Å². The minimum Gasteiger partial charge on any atom is -0.355 e. The summed E-state index contributed by atoms with van der Waals surface area (Å²) in [6.45, 7) is 4.26. The SMILES string of the molecule is Cc1nc(N2C[C@@H]3CNC(=O)[C@@H]3C2)c2cnn(C)c2n1. The maximum atomic E-state index is 11.8. The van der Waals surface area contributed by atoms with Gasteiger partial charge in [-0.05, 0) is 6.92 Å². The van der Waals surface area contributed by atoms with Crippen molar-refractivity contribution in [2.45, 2.75) is 6.92 Å². The van der Waals surface area contributed by atoms with Crippen molar-refractivity contribution in [1.82, 2.24) is 25.1 Å². The molecule has 0 radical (unpaired) electrons. The highest BCUT2D eigenvalue weighted by Crippen LogP contribution is 2.33. The van der Waals surface area contributed by atoms with Gasteiger partial charge in [-0.15, -0.1) is 0 Å². The minimum atomic E-state index is 0.0944. The van der Waals surface area contributed by atoms with Crippen molar-refractivity contribution in [2.24, 2.45) is 18.9 Å². The normalized spacial score (nSPS) is 25.3. The zero-order valence-corrected chi connectivity index (χ0v) is 11.5. The number of rotatable bonds is 1. The molecule has 4 rings (SSSR count). The van der Waals surface area contributed by atoms with Gasteiger partial charge in [0, 0.05) is 32.6 Å². The molecular weight excluding hydrogens is 256 g/mol. The number of nitrogens with one attached hydrogen (secondary N) is 1. The largest absolute Gasteiger partial charge is 0.355 e. The first kappa shape index (κ1) is 11.6. The standard InChI is InChI=1S/C13H16N6O/c1-7-16-11-9(4-15-18(11)2)12(17-7)19-5-8-3-14-13(20)10(8)6-19/h4,8,10H,3,5-6H2,1-2H3,(H,14,20)/t8-,10+/m0/s1. The lowest BCUT2D eigenvalue weighted by Gasteiger charge is -2.19. The topological polar surface area (TPSA) is 75.9 Å². The van der Waals surface area contributed by atoms with Crippen LogP contribution >= 0.6 is 0 Å². The molecule has 2 fully saturated rings. The Balaban J connectivity index is 1.78. The fourth-order valence-corrected chi connectivity index (χ4v) is 3.27. The number of carbonyl (C=O) groups excluding carboxylic acids is 1. The van der Waals surface area contributed by atoms with E-state index in [1.807, 2.05) is 14.0 Å². The molecule has 7 heteroatoms. The van der Waals surface area contributed by atoms with Crippen LogP contribution in [-0.4, -0.2) is 45.3 Å². The van der Waals surface area contributed by atoms with E-state index >= 15 is 0 Å². The third-order valence-electron chi connectivity index (χ3n) is 4.30. The number of hydrogen-bond donors (Lipinski definition) is 1. The monoisotopic (exact) mass is 272 g/mol. The molecule has 0 bridgehead atoms. The molecule has 0 unspecified atom stereocenters. The molecule has 1 N–H and O–H groups in total. The van der Waals surface area contributed by atoms with Crippen molar-refractivity contribution in [3.05, 3.63) is 12.0 Å². The summed E-state index contributed by atoms with van der Waals surface area (Å²) in [4.78, 5) is 23.0. The Morgan fingerprint density at radius 1 is 1.35 bits per heavy atom. The molecule has 2 saturated heterocycles. The Morgan fingerprint density at radius 3 is 3.00 bits per heavy atom. The second-order valence-electron chi connectivity index (χ2n) is 5.62. The Hall–Kier alpha value is -2.18. The number of aryl methyl sites for hydroxylation is 2. The highest BCUT2D eigenvalue weighted by atomic mass is 16.2. The lowest BCUT2D eigenvalue weighted by atomic mass is 10.0. The van der Waals surface area contributed by atoms with Crippen LogP contribution in [0.1, 0.15) is 5.82 Å². The lowest BCUT2D eigenvalue weighted by molar-refractivity contribution is -0.122. The fraction of sp³-hybridized carbons (Fsp3) is 0.538. The summed E-state index contributed by atoms with van der Waals surface area (Å²) in [6.07, 6.45) is 1.80. The molecule has 20 heavy (non-hydrogen) atoms. The van der Waals surface area contributed by atoms with Crippen molar-refractivity contribution in [1.29, 1.82) is 0 Å². The number of nitrogens with zero attached hydrogens (tertiary/aromatic N) is 5. The Labute approximate surface area is 116 Å². The molecule has 2 aliphatic heterocycles. The maximum absolute atomic E-state index is 11.8. The summed E-state index contributed by atoms with van der Waals surface area (Å²) in [5.74, 6) is 2.30. The third kappa shape index (κ3) is 1.52. The van der Waals surface area contributed by atoms with Gasteiger partial charge >= 0.3 is 0 Å². The van der Waals surface area contributed by atoms with Gasteiger partial charge in [-0.3, -0.25) is 9.48 Å². The summed E-state index contributed by atoms with van der Waals surface area (Å²) < 4.78 is 1.76. The van der Waals surface area contributed by atoms with Crippen molar-refractivity contribution in [3.8, 4) is 0 Å². The van der Waals surface area contributed by atoms with E-state index in [0.29, 0.717) is 5.92 Å². The molecule has 1 amide bonds. The smallest absolute Gasteiger partial charge is 0.225 e. The average molecular weight is 272 g/mol. The fourth-order valence-electron chi connectivity index (χ4n) is 3.27. The second kappa shape index (κ2) is 3.91. The van der Waals surface area contributed by atoms with E-state index in [1.165, 1.54) is 0 Å². The molecule has 2 aromatic rings.